The van der Waals surface area contributed by atoms with Crippen LogP contribution in [0.5, 0.6) is 0 Å². The van der Waals surface area contributed by atoms with Gasteiger partial charge in [-0.2, -0.15) is 0 Å². The van der Waals surface area contributed by atoms with E-state index in [1.165, 1.54) is 0 Å². The van der Waals surface area contributed by atoms with E-state index in [9.17, 15) is 0 Å². The minimum atomic E-state index is 0.859. The maximum atomic E-state index is 3.45. The highest BCUT2D eigenvalue weighted by molar-refractivity contribution is 9.09. The molecule has 0 rings (SSSR count). The van der Waals surface area contributed by atoms with Crippen LogP contribution in [0.1, 0.15) is 0 Å². The van der Waals surface area contributed by atoms with E-state index in [-0.39, 0.29) is 0 Å². The van der Waals surface area contributed by atoms with Gasteiger partial charge in [0.1, 0.15) is 0 Å². The first-order valence-corrected chi connectivity index (χ1v) is 3.98. The zero-order valence-electron chi connectivity index (χ0n) is 4.62. The second-order valence-electron chi connectivity index (χ2n) is 1.95. The summed E-state index contributed by atoms with van der Waals surface area (Å²) < 4.78 is 0.859. The summed E-state index contributed by atoms with van der Waals surface area (Å²) in [4.78, 5) is 0. The van der Waals surface area contributed by atoms with Crippen molar-refractivity contribution in [3.8, 4) is 0 Å². The number of hydrogen-bond acceptors (Lipinski definition) is 0. The fraction of sp³-hybridized carbons (Fsp3) is 1.00. The molecule has 0 aliphatic carbocycles. The molecule has 0 amide bonds. The molecule has 7 heavy (non-hydrogen) atoms. The lowest BCUT2D eigenvalue weighted by Crippen LogP contribution is -2.28. The molecule has 0 aliphatic rings. The number of rotatable bonds is 2. The Morgan fingerprint density at radius 3 is 1.86 bits per heavy atom. The van der Waals surface area contributed by atoms with Crippen LogP contribution in [0.2, 0.25) is 0 Å². The van der Waals surface area contributed by atoms with E-state index in [0.29, 0.717) is 0 Å². The maximum absolute atomic E-state index is 3.45. The summed E-state index contributed by atoms with van der Waals surface area (Å²) in [6, 6.07) is 0. The smallest absolute Gasteiger partial charge is 0.227 e. The lowest BCUT2D eigenvalue weighted by Gasteiger charge is -2.16. The van der Waals surface area contributed by atoms with Crippen molar-refractivity contribution in [1.29, 1.82) is 0 Å². The van der Waals surface area contributed by atoms with Gasteiger partial charge < -0.3 is 0 Å². The van der Waals surface area contributed by atoms with Gasteiger partial charge in [0, 0.05) is 0 Å². The Balaban J connectivity index is 3.15. The maximum Gasteiger partial charge on any atom is 0.227 e. The molecule has 0 bridgehead atoms. The van der Waals surface area contributed by atoms with Gasteiger partial charge in [-0.25, -0.2) is 0 Å². The van der Waals surface area contributed by atoms with Crippen LogP contribution in [-0.4, -0.2) is 29.5 Å². The molecule has 0 atom stereocenters. The number of quaternary nitrogens is 1. The summed E-state index contributed by atoms with van der Waals surface area (Å²) in [6.07, 6.45) is 0. The van der Waals surface area contributed by atoms with Crippen molar-refractivity contribution in [2.24, 2.45) is 0 Å². The van der Waals surface area contributed by atoms with Gasteiger partial charge in [-0.1, -0.05) is 15.9 Å². The summed E-state index contributed by atoms with van der Waals surface area (Å²) >= 11 is 6.79. The average Bonchev–Trinajstić information content (AvgIpc) is 1.30. The average molecular weight is 232 g/mol. The second-order valence-corrected chi connectivity index (χ2v) is 4.66. The van der Waals surface area contributed by atoms with Gasteiger partial charge in [0.2, 0.25) is 16.1 Å². The minimum Gasteiger partial charge on any atom is -0.260 e. The highest BCUT2D eigenvalue weighted by Crippen LogP contribution is 2.04. The van der Waals surface area contributed by atoms with Crippen LogP contribution in [0, 0.1) is 0 Å². The van der Waals surface area contributed by atoms with Crippen LogP contribution < -0.4 is 0 Å². The van der Waals surface area contributed by atoms with Crippen LogP contribution in [0.3, 0.4) is 0 Å². The monoisotopic (exact) mass is 230 g/mol. The molecule has 0 aromatic carbocycles. The van der Waals surface area contributed by atoms with Crippen molar-refractivity contribution in [1.82, 2.24) is 0 Å². The first-order valence-electron chi connectivity index (χ1n) is 2.15. The van der Waals surface area contributed by atoms with E-state index < -0.39 is 0 Å². The van der Waals surface area contributed by atoms with Gasteiger partial charge in [0.15, 0.2) is 0 Å². The van der Waals surface area contributed by atoms with E-state index >= 15 is 0 Å². The van der Waals surface area contributed by atoms with Crippen LogP contribution in [-0.2, 0) is 0 Å². The zero-order chi connectivity index (χ0) is 5.91. The molecule has 0 fully saturated rings. The van der Waals surface area contributed by atoms with Gasteiger partial charge in [-0.15, -0.1) is 0 Å². The first-order chi connectivity index (χ1) is 3.06. The van der Waals surface area contributed by atoms with Crippen molar-refractivity contribution in [2.75, 3.05) is 26.0 Å². The first kappa shape index (κ1) is 7.92. The summed E-state index contributed by atoms with van der Waals surface area (Å²) in [5.74, 6) is 0. The molecule has 0 aromatic heterocycles. The highest BCUT2D eigenvalue weighted by Gasteiger charge is 2.06. The minimum absolute atomic E-state index is 0.859. The molecule has 0 N–H and O–H groups in total. The second kappa shape index (κ2) is 3.05. The van der Waals surface area contributed by atoms with Crippen molar-refractivity contribution < 1.29 is 3.51 Å². The van der Waals surface area contributed by atoms with Crippen LogP contribution >= 0.6 is 32.1 Å². The Labute approximate surface area is 61.7 Å². The van der Waals surface area contributed by atoms with Crippen molar-refractivity contribution in [3.63, 3.8) is 0 Å². The molecule has 0 aromatic rings. The molecule has 1 nitrogen and oxygen atoms in total. The predicted octanol–water partition coefficient (Wildman–Crippen LogP) is 1.77. The third kappa shape index (κ3) is 6.92. The standard InChI is InChI=1S/C4H10Br2N/c1-7(2,6)4-3-5/h3-4H2,1-2H3/q+1. The molecule has 0 saturated carbocycles. The summed E-state index contributed by atoms with van der Waals surface area (Å²) in [5.41, 5.74) is 0. The quantitative estimate of drug-likeness (QED) is 0.502. The van der Waals surface area contributed by atoms with Gasteiger partial charge in [-0.3, -0.25) is 3.51 Å². The Morgan fingerprint density at radius 2 is 1.86 bits per heavy atom. The van der Waals surface area contributed by atoms with Gasteiger partial charge in [0.25, 0.3) is 0 Å². The third-order valence-electron chi connectivity index (χ3n) is 0.616. The molecular weight excluding hydrogens is 222 g/mol. The molecule has 0 radical (unpaired) electrons. The van der Waals surface area contributed by atoms with E-state index in [1.54, 1.807) is 0 Å². The lowest BCUT2D eigenvalue weighted by molar-refractivity contribution is -0.730. The SMILES string of the molecule is C[N+](C)(Br)CCBr. The van der Waals surface area contributed by atoms with Crippen molar-refractivity contribution in [3.05, 3.63) is 0 Å². The number of hydrogen-bond donors (Lipinski definition) is 0. The Morgan fingerprint density at radius 1 is 1.43 bits per heavy atom. The van der Waals surface area contributed by atoms with E-state index in [1.807, 2.05) is 0 Å². The predicted molar refractivity (Wildman–Crippen MR) is 39.7 cm³/mol. The van der Waals surface area contributed by atoms with Gasteiger partial charge in [0.05, 0.1) is 26.0 Å². The van der Waals surface area contributed by atoms with Crippen molar-refractivity contribution >= 4 is 32.1 Å². The van der Waals surface area contributed by atoms with Crippen LogP contribution in [0.25, 0.3) is 0 Å². The molecule has 0 aliphatic heterocycles. The Bertz CT molecular complexity index is 48.1. The fourth-order valence-corrected chi connectivity index (χ4v) is 1.74. The zero-order valence-corrected chi connectivity index (χ0v) is 7.79. The van der Waals surface area contributed by atoms with Gasteiger partial charge >= 0.3 is 0 Å². The number of alkyl halides is 1. The van der Waals surface area contributed by atoms with Gasteiger partial charge in [-0.05, 0) is 0 Å². The number of nitrogens with zero attached hydrogens (tertiary/aromatic N) is 1. The van der Waals surface area contributed by atoms with Crippen LogP contribution in [0.15, 0.2) is 0 Å². The van der Waals surface area contributed by atoms with Crippen LogP contribution in [0.4, 0.5) is 0 Å². The molecule has 3 heteroatoms. The van der Waals surface area contributed by atoms with E-state index in [4.69, 9.17) is 0 Å². The summed E-state index contributed by atoms with van der Waals surface area (Å²) in [7, 11) is 4.20. The highest BCUT2D eigenvalue weighted by atomic mass is 79.9. The van der Waals surface area contributed by atoms with E-state index in [0.717, 1.165) is 15.4 Å². The summed E-state index contributed by atoms with van der Waals surface area (Å²) in [6.45, 7) is 1.11. The van der Waals surface area contributed by atoms with Crippen molar-refractivity contribution in [2.45, 2.75) is 0 Å². The third-order valence-corrected chi connectivity index (χ3v) is 1.33. The fourth-order valence-electron chi connectivity index (χ4n) is 0.201. The summed E-state index contributed by atoms with van der Waals surface area (Å²) in [5, 5.41) is 1.05. The topological polar surface area (TPSA) is 0 Å². The normalized spacial score (nSPS) is 12.0. The largest absolute Gasteiger partial charge is 0.260 e. The molecule has 0 unspecified atom stereocenters. The molecule has 0 spiro atoms. The Kier molecular flexibility index (Phi) is 3.45. The number of halogens is 2. The molecule has 0 saturated heterocycles. The van der Waals surface area contributed by atoms with E-state index in [2.05, 4.69) is 46.2 Å². The lowest BCUT2D eigenvalue weighted by atomic mass is 10.7. The molecular formula is C4H10Br2N+. The Hall–Kier alpha value is 0.920. The molecule has 44 valence electrons. The molecule has 0 heterocycles.